The summed E-state index contributed by atoms with van der Waals surface area (Å²) in [7, 11) is 0. The van der Waals surface area contributed by atoms with Gasteiger partial charge in [0.15, 0.2) is 0 Å². The van der Waals surface area contributed by atoms with Crippen LogP contribution in [0, 0.1) is 6.92 Å². The molecule has 0 aliphatic carbocycles. The Balaban J connectivity index is 1.66. The van der Waals surface area contributed by atoms with Crippen molar-refractivity contribution in [3.05, 3.63) is 23.9 Å². The molecule has 1 fully saturated rings. The zero-order chi connectivity index (χ0) is 14.8. The molecule has 3 heterocycles. The Morgan fingerprint density at radius 3 is 3.10 bits per heavy atom. The first-order chi connectivity index (χ1) is 10.1. The Morgan fingerprint density at radius 1 is 1.57 bits per heavy atom. The molecular formula is C13H19N7O. The molecule has 8 heteroatoms. The predicted molar refractivity (Wildman–Crippen MR) is 76.3 cm³/mol. The molecule has 112 valence electrons. The minimum atomic E-state index is 0.0361. The van der Waals surface area contributed by atoms with E-state index in [0.717, 1.165) is 30.9 Å². The van der Waals surface area contributed by atoms with Gasteiger partial charge in [0, 0.05) is 25.1 Å². The summed E-state index contributed by atoms with van der Waals surface area (Å²) in [5, 5.41) is 11.0. The molecule has 0 spiro atoms. The van der Waals surface area contributed by atoms with Crippen LogP contribution in [-0.4, -0.2) is 48.9 Å². The average molecular weight is 289 g/mol. The van der Waals surface area contributed by atoms with Gasteiger partial charge < -0.3 is 10.6 Å². The maximum atomic E-state index is 12.4. The summed E-state index contributed by atoms with van der Waals surface area (Å²) < 4.78 is 1.55. The van der Waals surface area contributed by atoms with E-state index in [0.29, 0.717) is 12.4 Å². The van der Waals surface area contributed by atoms with Crippen molar-refractivity contribution in [1.29, 1.82) is 0 Å². The molecule has 1 aliphatic rings. The van der Waals surface area contributed by atoms with Gasteiger partial charge in [-0.05, 0) is 19.8 Å². The van der Waals surface area contributed by atoms with Crippen LogP contribution in [0.25, 0.3) is 0 Å². The Bertz CT molecular complexity index is 619. The smallest absolute Gasteiger partial charge is 0.244 e. The topological polar surface area (TPSA) is 106 Å². The van der Waals surface area contributed by atoms with Crippen LogP contribution in [0.2, 0.25) is 0 Å². The molecule has 1 amide bonds. The van der Waals surface area contributed by atoms with Crippen molar-refractivity contribution in [2.24, 2.45) is 0 Å². The fourth-order valence-corrected chi connectivity index (χ4v) is 2.76. The van der Waals surface area contributed by atoms with Gasteiger partial charge in [0.1, 0.15) is 24.5 Å². The lowest BCUT2D eigenvalue weighted by molar-refractivity contribution is -0.133. The number of aromatic amines is 1. The molecule has 0 bridgehead atoms. The summed E-state index contributed by atoms with van der Waals surface area (Å²) >= 11 is 0. The van der Waals surface area contributed by atoms with E-state index in [-0.39, 0.29) is 18.4 Å². The van der Waals surface area contributed by atoms with Gasteiger partial charge in [-0.1, -0.05) is 0 Å². The zero-order valence-electron chi connectivity index (χ0n) is 12.0. The van der Waals surface area contributed by atoms with Crippen LogP contribution in [-0.2, 0) is 11.3 Å². The van der Waals surface area contributed by atoms with Crippen molar-refractivity contribution in [2.45, 2.75) is 32.2 Å². The summed E-state index contributed by atoms with van der Waals surface area (Å²) in [5.41, 5.74) is 6.65. The second-order valence-corrected chi connectivity index (χ2v) is 5.42. The van der Waals surface area contributed by atoms with Gasteiger partial charge in [-0.15, -0.1) is 0 Å². The SMILES string of the molecule is Cc1cc(N)n(CC(=O)N2CCC[C@@H](c3ncn[nH]3)C2)n1. The first-order valence-corrected chi connectivity index (χ1v) is 7.06. The number of nitrogen functional groups attached to an aromatic ring is 1. The molecule has 0 radical (unpaired) electrons. The third-order valence-corrected chi connectivity index (χ3v) is 3.81. The van der Waals surface area contributed by atoms with Gasteiger partial charge in [-0.2, -0.15) is 10.2 Å². The number of amides is 1. The molecule has 8 nitrogen and oxygen atoms in total. The number of aryl methyl sites for hydroxylation is 1. The van der Waals surface area contributed by atoms with Crippen molar-refractivity contribution in [2.75, 3.05) is 18.8 Å². The van der Waals surface area contributed by atoms with E-state index < -0.39 is 0 Å². The highest BCUT2D eigenvalue weighted by atomic mass is 16.2. The number of carbonyl (C=O) groups is 1. The van der Waals surface area contributed by atoms with Gasteiger partial charge in [0.25, 0.3) is 0 Å². The largest absolute Gasteiger partial charge is 0.384 e. The highest BCUT2D eigenvalue weighted by molar-refractivity contribution is 5.76. The van der Waals surface area contributed by atoms with Gasteiger partial charge >= 0.3 is 0 Å². The summed E-state index contributed by atoms with van der Waals surface area (Å²) in [4.78, 5) is 18.5. The Kier molecular flexibility index (Phi) is 3.59. The van der Waals surface area contributed by atoms with E-state index in [1.807, 2.05) is 11.8 Å². The standard InChI is InChI=1S/C13H19N7O/c1-9-5-11(14)20(18-9)7-12(21)19-4-2-3-10(6-19)13-15-8-16-17-13/h5,8,10H,2-4,6-7,14H2,1H3,(H,15,16,17)/t10-/m1/s1. The number of H-pyrrole nitrogens is 1. The van der Waals surface area contributed by atoms with Crippen molar-refractivity contribution in [3.63, 3.8) is 0 Å². The first kappa shape index (κ1) is 13.6. The number of nitrogens with zero attached hydrogens (tertiary/aromatic N) is 5. The van der Waals surface area contributed by atoms with E-state index in [1.54, 1.807) is 10.7 Å². The average Bonchev–Trinajstić information content (AvgIpc) is 3.09. The van der Waals surface area contributed by atoms with Crippen LogP contribution < -0.4 is 5.73 Å². The molecule has 21 heavy (non-hydrogen) atoms. The number of hydrogen-bond acceptors (Lipinski definition) is 5. The summed E-state index contributed by atoms with van der Waals surface area (Å²) in [6.07, 6.45) is 3.48. The number of likely N-dealkylation sites (tertiary alicyclic amines) is 1. The molecule has 1 saturated heterocycles. The van der Waals surface area contributed by atoms with Crippen LogP contribution in [0.3, 0.4) is 0 Å². The predicted octanol–water partition coefficient (Wildman–Crippen LogP) is 0.298. The summed E-state index contributed by atoms with van der Waals surface area (Å²) in [6.45, 7) is 3.47. The molecule has 1 atom stereocenters. The van der Waals surface area contributed by atoms with Gasteiger partial charge in [-0.25, -0.2) is 9.67 Å². The third kappa shape index (κ3) is 2.88. The molecule has 3 rings (SSSR count). The fourth-order valence-electron chi connectivity index (χ4n) is 2.76. The quantitative estimate of drug-likeness (QED) is 0.845. The molecule has 2 aromatic rings. The number of carbonyl (C=O) groups excluding carboxylic acids is 1. The Morgan fingerprint density at radius 2 is 2.43 bits per heavy atom. The van der Waals surface area contributed by atoms with E-state index in [1.165, 1.54) is 6.33 Å². The van der Waals surface area contributed by atoms with Crippen LogP contribution in [0.4, 0.5) is 5.82 Å². The normalized spacial score (nSPS) is 18.9. The molecule has 0 saturated carbocycles. The monoisotopic (exact) mass is 289 g/mol. The molecular weight excluding hydrogens is 270 g/mol. The van der Waals surface area contributed by atoms with Crippen molar-refractivity contribution < 1.29 is 4.79 Å². The Hall–Kier alpha value is -2.38. The first-order valence-electron chi connectivity index (χ1n) is 7.06. The molecule has 2 aromatic heterocycles. The summed E-state index contributed by atoms with van der Waals surface area (Å²) in [6, 6.07) is 1.76. The van der Waals surface area contributed by atoms with Crippen LogP contribution >= 0.6 is 0 Å². The van der Waals surface area contributed by atoms with Crippen molar-refractivity contribution in [3.8, 4) is 0 Å². The maximum Gasteiger partial charge on any atom is 0.244 e. The number of anilines is 1. The van der Waals surface area contributed by atoms with E-state index in [4.69, 9.17) is 5.73 Å². The number of aromatic nitrogens is 5. The molecule has 3 N–H and O–H groups in total. The summed E-state index contributed by atoms with van der Waals surface area (Å²) in [5.74, 6) is 1.63. The van der Waals surface area contributed by atoms with Crippen LogP contribution in [0.15, 0.2) is 12.4 Å². The van der Waals surface area contributed by atoms with Crippen LogP contribution in [0.1, 0.15) is 30.3 Å². The highest BCUT2D eigenvalue weighted by Crippen LogP contribution is 2.24. The maximum absolute atomic E-state index is 12.4. The lowest BCUT2D eigenvalue weighted by atomic mass is 9.97. The van der Waals surface area contributed by atoms with E-state index >= 15 is 0 Å². The number of nitrogens with one attached hydrogen (secondary N) is 1. The molecule has 0 aromatic carbocycles. The van der Waals surface area contributed by atoms with Gasteiger partial charge in [-0.3, -0.25) is 9.89 Å². The Labute approximate surface area is 122 Å². The van der Waals surface area contributed by atoms with Crippen LogP contribution in [0.5, 0.6) is 0 Å². The number of hydrogen-bond donors (Lipinski definition) is 2. The molecule has 1 aliphatic heterocycles. The lowest BCUT2D eigenvalue weighted by Crippen LogP contribution is -2.41. The second kappa shape index (κ2) is 5.55. The highest BCUT2D eigenvalue weighted by Gasteiger charge is 2.26. The minimum Gasteiger partial charge on any atom is -0.384 e. The van der Waals surface area contributed by atoms with E-state index in [9.17, 15) is 4.79 Å². The van der Waals surface area contributed by atoms with Gasteiger partial charge in [0.2, 0.25) is 5.91 Å². The zero-order valence-corrected chi connectivity index (χ0v) is 12.0. The number of nitrogens with two attached hydrogens (primary N) is 1. The van der Waals surface area contributed by atoms with Crippen molar-refractivity contribution in [1.82, 2.24) is 29.9 Å². The van der Waals surface area contributed by atoms with E-state index in [2.05, 4.69) is 20.3 Å². The van der Waals surface area contributed by atoms with Crippen molar-refractivity contribution >= 4 is 11.7 Å². The third-order valence-electron chi connectivity index (χ3n) is 3.81. The second-order valence-electron chi connectivity index (χ2n) is 5.42. The van der Waals surface area contributed by atoms with Gasteiger partial charge in [0.05, 0.1) is 5.69 Å². The fraction of sp³-hybridized carbons (Fsp3) is 0.538. The minimum absolute atomic E-state index is 0.0361. The lowest BCUT2D eigenvalue weighted by Gasteiger charge is -2.31. The molecule has 0 unspecified atom stereocenters. The number of piperidine rings is 1. The number of rotatable bonds is 3.